The molecule has 0 bridgehead atoms. The molecule has 0 fully saturated rings. The third-order valence-electron chi connectivity index (χ3n) is 4.86. The van der Waals surface area contributed by atoms with Gasteiger partial charge in [-0.1, -0.05) is 60.7 Å². The van der Waals surface area contributed by atoms with Crippen molar-refractivity contribution in [3.8, 4) is 0 Å². The van der Waals surface area contributed by atoms with Crippen LogP contribution in [0.1, 0.15) is 30.6 Å². The van der Waals surface area contributed by atoms with E-state index in [2.05, 4.69) is 0 Å². The van der Waals surface area contributed by atoms with Crippen LogP contribution in [0.5, 0.6) is 0 Å². The highest BCUT2D eigenvalue weighted by Crippen LogP contribution is 2.44. The first-order chi connectivity index (χ1) is 13.3. The van der Waals surface area contributed by atoms with Crippen LogP contribution in [0.4, 0.5) is 0 Å². The number of hydrogen-bond acceptors (Lipinski definition) is 4. The number of likely N-dealkylation sites (N-methyl/N-ethyl adjacent to an activating group) is 1. The van der Waals surface area contributed by atoms with E-state index in [1.807, 2.05) is 79.7 Å². The summed E-state index contributed by atoms with van der Waals surface area (Å²) in [5.41, 5.74) is 0.600. The molecule has 2 unspecified atom stereocenters. The SMILES string of the molecule is CC(=O)OC(c1ccccc1)C(CCN(C)C)(C(=O)N(C)C)c1ccccc1. The lowest BCUT2D eigenvalue weighted by Crippen LogP contribution is -2.50. The zero-order valence-electron chi connectivity index (χ0n) is 17.4. The molecule has 0 radical (unpaired) electrons. The fraction of sp³-hybridized carbons (Fsp3) is 0.391. The molecule has 0 aliphatic carbocycles. The van der Waals surface area contributed by atoms with Crippen molar-refractivity contribution in [3.05, 3.63) is 71.8 Å². The molecule has 28 heavy (non-hydrogen) atoms. The summed E-state index contributed by atoms with van der Waals surface area (Å²) in [5, 5.41) is 0. The van der Waals surface area contributed by atoms with Gasteiger partial charge in [0, 0.05) is 21.0 Å². The Morgan fingerprint density at radius 3 is 1.93 bits per heavy atom. The molecule has 0 heterocycles. The van der Waals surface area contributed by atoms with E-state index in [-0.39, 0.29) is 5.91 Å². The molecule has 2 rings (SSSR count). The van der Waals surface area contributed by atoms with E-state index in [1.54, 1.807) is 19.0 Å². The molecule has 5 heteroatoms. The van der Waals surface area contributed by atoms with Gasteiger partial charge >= 0.3 is 5.97 Å². The number of esters is 1. The van der Waals surface area contributed by atoms with Gasteiger partial charge in [-0.3, -0.25) is 9.59 Å². The summed E-state index contributed by atoms with van der Waals surface area (Å²) in [6, 6.07) is 19.1. The number of carbonyl (C=O) groups is 2. The highest BCUT2D eigenvalue weighted by atomic mass is 16.5. The lowest BCUT2D eigenvalue weighted by atomic mass is 9.69. The van der Waals surface area contributed by atoms with E-state index in [0.717, 1.165) is 11.1 Å². The van der Waals surface area contributed by atoms with Crippen molar-refractivity contribution >= 4 is 11.9 Å². The Kier molecular flexibility index (Phi) is 7.35. The third-order valence-corrected chi connectivity index (χ3v) is 4.86. The Morgan fingerprint density at radius 1 is 0.929 bits per heavy atom. The molecule has 2 aromatic rings. The number of nitrogens with zero attached hydrogens (tertiary/aromatic N) is 2. The van der Waals surface area contributed by atoms with Crippen LogP contribution in [0, 0.1) is 0 Å². The Hall–Kier alpha value is -2.66. The fourth-order valence-electron chi connectivity index (χ4n) is 3.55. The average molecular weight is 383 g/mol. The van der Waals surface area contributed by atoms with Gasteiger partial charge in [-0.15, -0.1) is 0 Å². The van der Waals surface area contributed by atoms with Crippen LogP contribution in [0.3, 0.4) is 0 Å². The van der Waals surface area contributed by atoms with Crippen LogP contribution in [0.25, 0.3) is 0 Å². The predicted octanol–water partition coefficient (Wildman–Crippen LogP) is 3.27. The monoisotopic (exact) mass is 382 g/mol. The number of rotatable bonds is 8. The lowest BCUT2D eigenvalue weighted by Gasteiger charge is -2.41. The molecule has 1 amide bonds. The summed E-state index contributed by atoms with van der Waals surface area (Å²) in [6.45, 7) is 2.05. The van der Waals surface area contributed by atoms with Crippen LogP contribution < -0.4 is 0 Å². The van der Waals surface area contributed by atoms with Crippen LogP contribution in [0.15, 0.2) is 60.7 Å². The van der Waals surface area contributed by atoms with Crippen molar-refractivity contribution in [2.24, 2.45) is 0 Å². The molecule has 0 saturated carbocycles. The Bertz CT molecular complexity index is 775. The summed E-state index contributed by atoms with van der Waals surface area (Å²) in [5.74, 6) is -0.499. The summed E-state index contributed by atoms with van der Waals surface area (Å²) < 4.78 is 5.85. The molecule has 0 spiro atoms. The molecular weight excluding hydrogens is 352 g/mol. The normalized spacial score (nSPS) is 14.2. The van der Waals surface area contributed by atoms with Gasteiger partial charge in [0.2, 0.25) is 5.91 Å². The van der Waals surface area contributed by atoms with Gasteiger partial charge < -0.3 is 14.5 Å². The smallest absolute Gasteiger partial charge is 0.303 e. The standard InChI is InChI=1S/C23H30N2O3/c1-18(26)28-21(19-12-8-6-9-13-19)23(16-17-24(2)3,22(27)25(4)5)20-14-10-7-11-15-20/h6-15,21H,16-17H2,1-5H3. The number of ether oxygens (including phenoxy) is 1. The van der Waals surface area contributed by atoms with E-state index in [9.17, 15) is 9.59 Å². The second-order valence-corrected chi connectivity index (χ2v) is 7.49. The van der Waals surface area contributed by atoms with Crippen molar-refractivity contribution in [1.82, 2.24) is 9.80 Å². The quantitative estimate of drug-likeness (QED) is 0.658. The fourth-order valence-corrected chi connectivity index (χ4v) is 3.55. The number of amides is 1. The summed E-state index contributed by atoms with van der Waals surface area (Å²) in [4.78, 5) is 29.4. The molecule has 0 aliphatic rings. The van der Waals surface area contributed by atoms with Crippen LogP contribution in [0.2, 0.25) is 0 Å². The molecule has 5 nitrogen and oxygen atoms in total. The minimum absolute atomic E-state index is 0.0874. The van der Waals surface area contributed by atoms with Crippen molar-refractivity contribution < 1.29 is 14.3 Å². The van der Waals surface area contributed by atoms with Gasteiger partial charge in [-0.25, -0.2) is 0 Å². The van der Waals surface area contributed by atoms with Crippen molar-refractivity contribution in [2.45, 2.75) is 24.9 Å². The topological polar surface area (TPSA) is 49.9 Å². The Balaban J connectivity index is 2.77. The van der Waals surface area contributed by atoms with Gasteiger partial charge in [-0.2, -0.15) is 0 Å². The van der Waals surface area contributed by atoms with Crippen LogP contribution >= 0.6 is 0 Å². The minimum atomic E-state index is -1.04. The number of benzene rings is 2. The first-order valence-corrected chi connectivity index (χ1v) is 9.43. The summed E-state index contributed by atoms with van der Waals surface area (Å²) >= 11 is 0. The largest absolute Gasteiger partial charge is 0.456 e. The first-order valence-electron chi connectivity index (χ1n) is 9.43. The lowest BCUT2D eigenvalue weighted by molar-refractivity contribution is -0.157. The molecule has 0 N–H and O–H groups in total. The van der Waals surface area contributed by atoms with Crippen LogP contribution in [-0.2, 0) is 19.7 Å². The third kappa shape index (κ3) is 4.78. The van der Waals surface area contributed by atoms with E-state index >= 15 is 0 Å². The second-order valence-electron chi connectivity index (χ2n) is 7.49. The maximum atomic E-state index is 13.7. The second kappa shape index (κ2) is 9.51. The zero-order valence-corrected chi connectivity index (χ0v) is 17.4. The van der Waals surface area contributed by atoms with Crippen molar-refractivity contribution in [1.29, 1.82) is 0 Å². The molecule has 2 aromatic carbocycles. The maximum Gasteiger partial charge on any atom is 0.303 e. The molecule has 0 aromatic heterocycles. The Labute approximate surface area is 167 Å². The maximum absolute atomic E-state index is 13.7. The van der Waals surface area contributed by atoms with Gasteiger partial charge in [0.15, 0.2) is 0 Å². The molecule has 2 atom stereocenters. The predicted molar refractivity (Wildman–Crippen MR) is 111 cm³/mol. The first kappa shape index (κ1) is 21.6. The zero-order chi connectivity index (χ0) is 20.7. The number of carbonyl (C=O) groups excluding carboxylic acids is 2. The molecular formula is C23H30N2O3. The van der Waals surface area contributed by atoms with Crippen molar-refractivity contribution in [2.75, 3.05) is 34.7 Å². The van der Waals surface area contributed by atoms with E-state index in [0.29, 0.717) is 13.0 Å². The van der Waals surface area contributed by atoms with Gasteiger partial charge in [-0.05, 0) is 38.2 Å². The molecule has 0 aliphatic heterocycles. The van der Waals surface area contributed by atoms with Gasteiger partial charge in [0.25, 0.3) is 0 Å². The van der Waals surface area contributed by atoms with Crippen LogP contribution in [-0.4, -0.2) is 56.4 Å². The van der Waals surface area contributed by atoms with Crippen molar-refractivity contribution in [3.63, 3.8) is 0 Å². The highest BCUT2D eigenvalue weighted by Gasteiger charge is 2.50. The Morgan fingerprint density at radius 2 is 1.46 bits per heavy atom. The highest BCUT2D eigenvalue weighted by molar-refractivity contribution is 5.89. The average Bonchev–Trinajstić information content (AvgIpc) is 2.68. The minimum Gasteiger partial charge on any atom is -0.456 e. The molecule has 0 saturated heterocycles. The van der Waals surface area contributed by atoms with E-state index in [1.165, 1.54) is 6.92 Å². The molecule has 150 valence electrons. The summed E-state index contributed by atoms with van der Waals surface area (Å²) in [6.07, 6.45) is -0.225. The van der Waals surface area contributed by atoms with E-state index in [4.69, 9.17) is 4.74 Å². The van der Waals surface area contributed by atoms with E-state index < -0.39 is 17.5 Å². The summed E-state index contributed by atoms with van der Waals surface area (Å²) in [7, 11) is 7.43. The number of hydrogen-bond donors (Lipinski definition) is 0. The van der Waals surface area contributed by atoms with Gasteiger partial charge in [0.1, 0.15) is 11.5 Å². The van der Waals surface area contributed by atoms with Gasteiger partial charge in [0.05, 0.1) is 0 Å².